The highest BCUT2D eigenvalue weighted by Crippen LogP contribution is 2.36. The average molecular weight is 778 g/mol. The fourth-order valence-corrected chi connectivity index (χ4v) is 8.52. The minimum absolute atomic E-state index is 0.00277. The van der Waals surface area contributed by atoms with E-state index in [0.717, 1.165) is 38.3 Å². The minimum Gasteiger partial charge on any atom is -0.456 e. The maximum absolute atomic E-state index is 6.81. The van der Waals surface area contributed by atoms with Gasteiger partial charge in [0.15, 0.2) is 17.5 Å². The van der Waals surface area contributed by atoms with E-state index < -0.39 is 0 Å². The van der Waals surface area contributed by atoms with Gasteiger partial charge in [-0.25, -0.2) is 15.0 Å². The molecule has 5 nitrogen and oxygen atoms in total. The lowest BCUT2D eigenvalue weighted by Gasteiger charge is -2.28. The molecule has 10 rings (SSSR count). The van der Waals surface area contributed by atoms with Crippen LogP contribution in [0.1, 0.15) is 0 Å². The van der Waals surface area contributed by atoms with Crippen molar-refractivity contribution in [3.8, 4) is 51.0 Å². The molecule has 28 radical (unpaired) electrons. The number of benzene rings is 7. The average Bonchev–Trinajstić information content (AvgIpc) is 3.84. The smallest absolute Gasteiger partial charge is 0.164 e. The molecule has 0 bridgehead atoms. The standard InChI is InChI=1S/C45H14B14N4O/c46-29-25(26-31(48)37(54)41(58)38(55)32(26)49)30(47)34(51)27(33(29)50)44-60-43(61-45(62-44)28-35(52)39(56)42(59)40(57)36(28)53)15-9-11-19-20-14-16(10-12-23(20)64-24(19)13-15)63-21-7-3-1-5-17(21)18-6-2-4-8-22(18)63/h1-14H. The van der Waals surface area contributed by atoms with Gasteiger partial charge >= 0.3 is 0 Å². The highest BCUT2D eigenvalue weighted by atomic mass is 16.3. The third-order valence-corrected chi connectivity index (χ3v) is 11.9. The predicted molar refractivity (Wildman–Crippen MR) is 279 cm³/mol. The Morgan fingerprint density at radius 1 is 0.328 bits per heavy atom. The van der Waals surface area contributed by atoms with Gasteiger partial charge in [-0.1, -0.05) is 86.2 Å². The van der Waals surface area contributed by atoms with Crippen LogP contribution in [0, 0.1) is 0 Å². The Hall–Kier alpha value is -5.94. The third kappa shape index (κ3) is 6.16. The van der Waals surface area contributed by atoms with Crippen molar-refractivity contribution < 1.29 is 4.42 Å². The summed E-state index contributed by atoms with van der Waals surface area (Å²) in [5.41, 5.74) is 4.51. The predicted octanol–water partition coefficient (Wildman–Crippen LogP) is -5.35. The molecule has 64 heavy (non-hydrogen) atoms. The number of aromatic nitrogens is 4. The molecule has 0 saturated carbocycles. The van der Waals surface area contributed by atoms with Crippen LogP contribution in [0.15, 0.2) is 89.3 Å². The Bertz CT molecular complexity index is 3560. The Kier molecular flexibility index (Phi) is 10.1. The van der Waals surface area contributed by atoms with Gasteiger partial charge in [0.25, 0.3) is 0 Å². The van der Waals surface area contributed by atoms with Crippen LogP contribution in [0.2, 0.25) is 0 Å². The quantitative estimate of drug-likeness (QED) is 0.164. The lowest BCUT2D eigenvalue weighted by Crippen LogP contribution is -2.57. The van der Waals surface area contributed by atoms with E-state index in [-0.39, 0.29) is 116 Å². The lowest BCUT2D eigenvalue weighted by molar-refractivity contribution is 0.669. The molecule has 0 aliphatic carbocycles. The van der Waals surface area contributed by atoms with Crippen molar-refractivity contribution >= 4 is 230 Å². The summed E-state index contributed by atoms with van der Waals surface area (Å²) in [5, 5.41) is 4.04. The Balaban J connectivity index is 1.18. The summed E-state index contributed by atoms with van der Waals surface area (Å²) in [6, 6.07) is 28.3. The molecule has 262 valence electrons. The van der Waals surface area contributed by atoms with E-state index in [1.807, 2.05) is 48.5 Å². The first-order valence-corrected chi connectivity index (χ1v) is 19.6. The maximum Gasteiger partial charge on any atom is 0.164 e. The monoisotopic (exact) mass is 780 g/mol. The first-order chi connectivity index (χ1) is 30.6. The molecule has 0 aliphatic rings. The summed E-state index contributed by atoms with van der Waals surface area (Å²) in [5.74, 6) is -0.0132. The van der Waals surface area contributed by atoms with E-state index in [4.69, 9.17) is 129 Å². The summed E-state index contributed by atoms with van der Waals surface area (Å²) in [6.45, 7) is 0. The number of furan rings is 1. The Labute approximate surface area is 387 Å². The molecular formula is C45H14B14N4O. The number of hydrogen-bond acceptors (Lipinski definition) is 4. The molecule has 0 unspecified atom stereocenters. The molecule has 3 aromatic heterocycles. The van der Waals surface area contributed by atoms with E-state index in [9.17, 15) is 0 Å². The van der Waals surface area contributed by atoms with Crippen LogP contribution in [-0.2, 0) is 0 Å². The van der Waals surface area contributed by atoms with Crippen LogP contribution in [-0.4, -0.2) is 129 Å². The van der Waals surface area contributed by atoms with Gasteiger partial charge in [0.2, 0.25) is 0 Å². The van der Waals surface area contributed by atoms with Gasteiger partial charge in [0.05, 0.1) is 11.0 Å². The summed E-state index contributed by atoms with van der Waals surface area (Å²) in [7, 11) is 90.2. The van der Waals surface area contributed by atoms with Gasteiger partial charge in [0, 0.05) is 43.9 Å². The van der Waals surface area contributed by atoms with Crippen LogP contribution in [0.5, 0.6) is 0 Å². The maximum atomic E-state index is 6.81. The molecule has 0 amide bonds. The zero-order chi connectivity index (χ0) is 45.2. The number of fused-ring (bicyclic) bond motifs is 6. The van der Waals surface area contributed by atoms with Crippen molar-refractivity contribution in [2.24, 2.45) is 0 Å². The van der Waals surface area contributed by atoms with E-state index in [0.29, 0.717) is 16.7 Å². The summed E-state index contributed by atoms with van der Waals surface area (Å²) in [4.78, 5) is 14.4. The highest BCUT2D eigenvalue weighted by molar-refractivity contribution is 6.71. The molecule has 0 saturated heterocycles. The third-order valence-electron chi connectivity index (χ3n) is 11.9. The summed E-state index contributed by atoms with van der Waals surface area (Å²) >= 11 is 0. The van der Waals surface area contributed by atoms with Gasteiger partial charge in [-0.3, -0.25) is 0 Å². The molecule has 10 aromatic rings. The molecule has 0 N–H and O–H groups in total. The first-order valence-electron chi connectivity index (χ1n) is 19.6. The fraction of sp³-hybridized carbons (Fsp3) is 0. The molecule has 7 aromatic carbocycles. The lowest BCUT2D eigenvalue weighted by atomic mass is 9.56. The van der Waals surface area contributed by atoms with Gasteiger partial charge in [-0.05, 0) is 53.6 Å². The number of rotatable bonds is 5. The van der Waals surface area contributed by atoms with E-state index in [1.165, 1.54) is 0 Å². The van der Waals surface area contributed by atoms with Crippen LogP contribution in [0.3, 0.4) is 0 Å². The number of para-hydroxylation sites is 2. The van der Waals surface area contributed by atoms with E-state index in [1.54, 1.807) is 6.07 Å². The van der Waals surface area contributed by atoms with Crippen LogP contribution in [0.4, 0.5) is 0 Å². The number of nitrogens with zero attached hydrogens (tertiary/aromatic N) is 4. The van der Waals surface area contributed by atoms with Gasteiger partial charge in [-0.15, -0.1) is 32.8 Å². The molecule has 0 fully saturated rings. The Morgan fingerprint density at radius 3 is 1.23 bits per heavy atom. The fourth-order valence-electron chi connectivity index (χ4n) is 8.52. The first kappa shape index (κ1) is 42.0. The van der Waals surface area contributed by atoms with E-state index >= 15 is 0 Å². The minimum atomic E-state index is -0.0957. The molecule has 0 aliphatic heterocycles. The van der Waals surface area contributed by atoms with E-state index in [2.05, 4.69) is 34.9 Å². The second-order valence-corrected chi connectivity index (χ2v) is 15.5. The van der Waals surface area contributed by atoms with Crippen molar-refractivity contribution in [1.29, 1.82) is 0 Å². The SMILES string of the molecule is [B]c1c([B])c([B])c(-c2nc(-c3ccc4c(c3)oc3ccc(-n5c6ccccc6c6ccccc65)cc34)nc(-c3c([B])c([B])c(-c4c([B])c([B])c([B])c([B])c4[B])c([B])c3[B])n2)c([B])c1[B]. The van der Waals surface area contributed by atoms with Crippen LogP contribution in [0.25, 0.3) is 94.7 Å². The Morgan fingerprint density at radius 2 is 0.734 bits per heavy atom. The van der Waals surface area contributed by atoms with Crippen LogP contribution < -0.4 is 76.5 Å². The topological polar surface area (TPSA) is 56.7 Å². The van der Waals surface area contributed by atoms with Crippen molar-refractivity contribution in [2.75, 3.05) is 0 Å². The van der Waals surface area contributed by atoms with Crippen molar-refractivity contribution in [3.63, 3.8) is 0 Å². The second-order valence-electron chi connectivity index (χ2n) is 15.5. The summed E-state index contributed by atoms with van der Waals surface area (Å²) < 4.78 is 8.70. The zero-order valence-corrected chi connectivity index (χ0v) is 33.9. The molecule has 3 heterocycles. The van der Waals surface area contributed by atoms with Crippen molar-refractivity contribution in [1.82, 2.24) is 19.5 Å². The molecule has 0 atom stereocenters. The zero-order valence-electron chi connectivity index (χ0n) is 33.9. The normalized spacial score (nSPS) is 11.7. The summed E-state index contributed by atoms with van der Waals surface area (Å²) in [6.07, 6.45) is 0. The van der Waals surface area contributed by atoms with Crippen LogP contribution >= 0.6 is 0 Å². The molecular weight excluding hydrogens is 764 g/mol. The largest absolute Gasteiger partial charge is 0.456 e. The van der Waals surface area contributed by atoms with Gasteiger partial charge in [-0.2, -0.15) is 0 Å². The second kappa shape index (κ2) is 15.4. The van der Waals surface area contributed by atoms with Crippen molar-refractivity contribution in [3.05, 3.63) is 84.9 Å². The van der Waals surface area contributed by atoms with Crippen molar-refractivity contribution in [2.45, 2.75) is 0 Å². The molecule has 19 heteroatoms. The van der Waals surface area contributed by atoms with Gasteiger partial charge in [0.1, 0.15) is 121 Å². The van der Waals surface area contributed by atoms with Gasteiger partial charge < -0.3 is 8.98 Å². The number of hydrogen-bond donors (Lipinski definition) is 0. The molecule has 0 spiro atoms. The highest BCUT2D eigenvalue weighted by Gasteiger charge is 2.24.